The Kier molecular flexibility index (Phi) is 3.92. The molecule has 0 fully saturated rings. The predicted octanol–water partition coefficient (Wildman–Crippen LogP) is 1.74. The zero-order chi connectivity index (χ0) is 13.0. The summed E-state index contributed by atoms with van der Waals surface area (Å²) in [6.45, 7) is 4.53. The fourth-order valence-corrected chi connectivity index (χ4v) is 1.62. The van der Waals surface area contributed by atoms with Gasteiger partial charge in [-0.05, 0) is 25.5 Å². The molecule has 0 spiro atoms. The smallest absolute Gasteiger partial charge is 0.239 e. The van der Waals surface area contributed by atoms with E-state index in [-0.39, 0.29) is 25.3 Å². The lowest BCUT2D eigenvalue weighted by atomic mass is 10.2. The summed E-state index contributed by atoms with van der Waals surface area (Å²) in [7, 11) is 0. The van der Waals surface area contributed by atoms with Gasteiger partial charge in [-0.15, -0.1) is 0 Å². The van der Waals surface area contributed by atoms with Crippen molar-refractivity contribution < 1.29 is 14.3 Å². The minimum Gasteiger partial charge on any atom is -0.454 e. The Morgan fingerprint density at radius 2 is 2.17 bits per heavy atom. The lowest BCUT2D eigenvalue weighted by molar-refractivity contribution is -0.120. The first-order valence-electron chi connectivity index (χ1n) is 6.12. The maximum absolute atomic E-state index is 11.6. The molecule has 0 saturated heterocycles. The molecule has 1 atom stereocenters. The van der Waals surface area contributed by atoms with Crippen molar-refractivity contribution in [2.75, 3.05) is 18.7 Å². The second-order valence-electron chi connectivity index (χ2n) is 4.30. The van der Waals surface area contributed by atoms with Gasteiger partial charge in [-0.2, -0.15) is 0 Å². The summed E-state index contributed by atoms with van der Waals surface area (Å²) < 4.78 is 10.5. The topological polar surface area (TPSA) is 59.6 Å². The van der Waals surface area contributed by atoms with Gasteiger partial charge in [0.05, 0.1) is 6.54 Å². The maximum Gasteiger partial charge on any atom is 0.239 e. The summed E-state index contributed by atoms with van der Waals surface area (Å²) in [6, 6.07) is 5.73. The third-order valence-corrected chi connectivity index (χ3v) is 2.85. The Labute approximate surface area is 106 Å². The lowest BCUT2D eigenvalue weighted by Gasteiger charge is -2.12. The summed E-state index contributed by atoms with van der Waals surface area (Å²) in [5, 5.41) is 5.95. The highest BCUT2D eigenvalue weighted by molar-refractivity contribution is 5.81. The number of benzene rings is 1. The summed E-state index contributed by atoms with van der Waals surface area (Å²) >= 11 is 0. The molecule has 0 bridgehead atoms. The van der Waals surface area contributed by atoms with Gasteiger partial charge in [-0.3, -0.25) is 4.79 Å². The highest BCUT2D eigenvalue weighted by atomic mass is 16.7. The van der Waals surface area contributed by atoms with Crippen LogP contribution < -0.4 is 20.1 Å². The van der Waals surface area contributed by atoms with Crippen molar-refractivity contribution in [2.24, 2.45) is 0 Å². The van der Waals surface area contributed by atoms with Gasteiger partial charge in [-0.25, -0.2) is 0 Å². The first-order valence-corrected chi connectivity index (χ1v) is 6.12. The van der Waals surface area contributed by atoms with Crippen molar-refractivity contribution in [3.05, 3.63) is 18.2 Å². The lowest BCUT2D eigenvalue weighted by Crippen LogP contribution is -2.36. The Bertz CT molecular complexity index is 434. The molecule has 1 aliphatic heterocycles. The first-order chi connectivity index (χ1) is 8.69. The molecule has 0 saturated carbocycles. The van der Waals surface area contributed by atoms with Crippen LogP contribution in [0.25, 0.3) is 0 Å². The Hall–Kier alpha value is -1.91. The third-order valence-electron chi connectivity index (χ3n) is 2.85. The molecule has 1 amide bonds. The second kappa shape index (κ2) is 5.62. The average molecular weight is 250 g/mol. The molecule has 2 N–H and O–H groups in total. The Morgan fingerprint density at radius 3 is 2.94 bits per heavy atom. The number of rotatable bonds is 5. The molecule has 5 nitrogen and oxygen atoms in total. The molecule has 1 unspecified atom stereocenters. The van der Waals surface area contributed by atoms with Crippen LogP contribution in [-0.4, -0.2) is 25.3 Å². The van der Waals surface area contributed by atoms with Gasteiger partial charge in [-0.1, -0.05) is 6.92 Å². The van der Waals surface area contributed by atoms with E-state index < -0.39 is 0 Å². The molecule has 5 heteroatoms. The Morgan fingerprint density at radius 1 is 1.39 bits per heavy atom. The molecule has 1 heterocycles. The van der Waals surface area contributed by atoms with Crippen LogP contribution in [-0.2, 0) is 4.79 Å². The number of fused-ring (bicyclic) bond motifs is 1. The van der Waals surface area contributed by atoms with E-state index in [2.05, 4.69) is 10.6 Å². The minimum atomic E-state index is -0.0120. The largest absolute Gasteiger partial charge is 0.454 e. The van der Waals surface area contributed by atoms with Crippen LogP contribution in [0.15, 0.2) is 18.2 Å². The molecule has 0 radical (unpaired) electrons. The average Bonchev–Trinajstić information content (AvgIpc) is 2.83. The number of nitrogens with one attached hydrogen (secondary N) is 2. The van der Waals surface area contributed by atoms with Crippen LogP contribution in [0, 0.1) is 0 Å². The fourth-order valence-electron chi connectivity index (χ4n) is 1.62. The fraction of sp³-hybridized carbons (Fsp3) is 0.462. The predicted molar refractivity (Wildman–Crippen MR) is 69.0 cm³/mol. The van der Waals surface area contributed by atoms with Gasteiger partial charge in [0.15, 0.2) is 11.5 Å². The van der Waals surface area contributed by atoms with E-state index in [0.29, 0.717) is 5.75 Å². The van der Waals surface area contributed by atoms with Crippen LogP contribution in [0.5, 0.6) is 11.5 Å². The van der Waals surface area contributed by atoms with E-state index in [1.165, 1.54) is 0 Å². The zero-order valence-corrected chi connectivity index (χ0v) is 10.7. The van der Waals surface area contributed by atoms with Gasteiger partial charge < -0.3 is 20.1 Å². The van der Waals surface area contributed by atoms with E-state index in [1.54, 1.807) is 0 Å². The van der Waals surface area contributed by atoms with Crippen molar-refractivity contribution in [3.8, 4) is 11.5 Å². The van der Waals surface area contributed by atoms with Crippen LogP contribution in [0.2, 0.25) is 0 Å². The normalized spacial score (nSPS) is 14.1. The summed E-state index contributed by atoms with van der Waals surface area (Å²) in [6.07, 6.45) is 0.926. The number of amides is 1. The number of carbonyl (C=O) groups excluding carboxylic acids is 1. The highest BCUT2D eigenvalue weighted by Gasteiger charge is 2.13. The van der Waals surface area contributed by atoms with E-state index in [0.717, 1.165) is 17.9 Å². The molecule has 1 aliphatic rings. The van der Waals surface area contributed by atoms with Crippen LogP contribution >= 0.6 is 0 Å². The second-order valence-corrected chi connectivity index (χ2v) is 4.30. The van der Waals surface area contributed by atoms with Gasteiger partial charge in [0.1, 0.15) is 0 Å². The number of ether oxygens (including phenoxy) is 2. The van der Waals surface area contributed by atoms with Gasteiger partial charge >= 0.3 is 0 Å². The zero-order valence-electron chi connectivity index (χ0n) is 10.7. The number of carbonyl (C=O) groups is 1. The Balaban J connectivity index is 1.85. The van der Waals surface area contributed by atoms with Crippen molar-refractivity contribution in [1.29, 1.82) is 0 Å². The van der Waals surface area contributed by atoms with Crippen molar-refractivity contribution in [2.45, 2.75) is 26.3 Å². The SMILES string of the molecule is CCC(C)NC(=O)CNc1ccc2c(c1)OCO2. The van der Waals surface area contributed by atoms with Crippen LogP contribution in [0.4, 0.5) is 5.69 Å². The molecule has 1 aromatic rings. The van der Waals surface area contributed by atoms with Crippen molar-refractivity contribution >= 4 is 11.6 Å². The van der Waals surface area contributed by atoms with E-state index in [9.17, 15) is 4.79 Å². The molecule has 1 aromatic carbocycles. The van der Waals surface area contributed by atoms with Crippen LogP contribution in [0.3, 0.4) is 0 Å². The standard InChI is InChI=1S/C13H18N2O3/c1-3-9(2)15-13(16)7-14-10-4-5-11-12(6-10)18-8-17-11/h4-6,9,14H,3,7-8H2,1-2H3,(H,15,16). The van der Waals surface area contributed by atoms with Crippen LogP contribution in [0.1, 0.15) is 20.3 Å². The molecular formula is C13H18N2O3. The van der Waals surface area contributed by atoms with Gasteiger partial charge in [0.2, 0.25) is 12.7 Å². The van der Waals surface area contributed by atoms with E-state index in [4.69, 9.17) is 9.47 Å². The number of anilines is 1. The summed E-state index contributed by atoms with van der Waals surface area (Å²) in [5.74, 6) is 1.44. The highest BCUT2D eigenvalue weighted by Crippen LogP contribution is 2.34. The van der Waals surface area contributed by atoms with E-state index >= 15 is 0 Å². The minimum absolute atomic E-state index is 0.0120. The first kappa shape index (κ1) is 12.5. The molecule has 0 aromatic heterocycles. The molecule has 0 aliphatic carbocycles. The molecule has 18 heavy (non-hydrogen) atoms. The summed E-state index contributed by atoms with van der Waals surface area (Å²) in [5.41, 5.74) is 0.846. The number of hydrogen-bond acceptors (Lipinski definition) is 4. The summed E-state index contributed by atoms with van der Waals surface area (Å²) in [4.78, 5) is 11.6. The van der Waals surface area contributed by atoms with Crippen molar-refractivity contribution in [1.82, 2.24) is 5.32 Å². The van der Waals surface area contributed by atoms with E-state index in [1.807, 2.05) is 32.0 Å². The van der Waals surface area contributed by atoms with Gasteiger partial charge in [0, 0.05) is 17.8 Å². The van der Waals surface area contributed by atoms with Gasteiger partial charge in [0.25, 0.3) is 0 Å². The monoisotopic (exact) mass is 250 g/mol. The molecule has 98 valence electrons. The maximum atomic E-state index is 11.6. The molecular weight excluding hydrogens is 232 g/mol. The quantitative estimate of drug-likeness (QED) is 0.835. The third kappa shape index (κ3) is 3.06. The number of hydrogen-bond donors (Lipinski definition) is 2. The van der Waals surface area contributed by atoms with Crippen molar-refractivity contribution in [3.63, 3.8) is 0 Å². The molecule has 2 rings (SSSR count).